The summed E-state index contributed by atoms with van der Waals surface area (Å²) >= 11 is 0. The quantitative estimate of drug-likeness (QED) is 0.119. The van der Waals surface area contributed by atoms with Crippen molar-refractivity contribution in [3.8, 4) is 124 Å². The van der Waals surface area contributed by atoms with Gasteiger partial charge in [-0.3, -0.25) is 0 Å². The molecule has 0 bridgehead atoms. The summed E-state index contributed by atoms with van der Waals surface area (Å²) in [5, 5.41) is 8.72. The monoisotopic (exact) mass is 1430 g/mol. The minimum absolute atomic E-state index is 0.587. The average molecular weight is 1430 g/mol. The normalized spacial score (nSPS) is 11.6. The second kappa shape index (κ2) is 27.5. The summed E-state index contributed by atoms with van der Waals surface area (Å²) in [5.41, 5.74) is 24.4. The smallest absolute Gasteiger partial charge is 0.164 e. The Labute approximate surface area is 643 Å². The van der Waals surface area contributed by atoms with Crippen molar-refractivity contribution in [2.24, 2.45) is 0 Å². The maximum atomic E-state index is 6.89. The molecule has 0 aliphatic carbocycles. The van der Waals surface area contributed by atoms with Gasteiger partial charge >= 0.3 is 0 Å². The maximum absolute atomic E-state index is 6.89. The fraction of sp³-hybridized carbons (Fsp3) is 0. The molecule has 524 valence electrons. The van der Waals surface area contributed by atoms with Crippen LogP contribution in [-0.2, 0) is 0 Å². The molecule has 0 atom stereocenters. The Morgan fingerprint density at radius 1 is 0.170 bits per heavy atom. The highest BCUT2D eigenvalue weighted by atomic mass is 16.3. The van der Waals surface area contributed by atoms with Gasteiger partial charge in [0.05, 0.1) is 22.1 Å². The molecule has 112 heavy (non-hydrogen) atoms. The average Bonchev–Trinajstić information content (AvgIpc) is 1.56. The highest BCUT2D eigenvalue weighted by Gasteiger charge is 2.24. The van der Waals surface area contributed by atoms with E-state index >= 15 is 0 Å². The Morgan fingerprint density at radius 2 is 0.455 bits per heavy atom. The van der Waals surface area contributed by atoms with Crippen molar-refractivity contribution in [1.29, 1.82) is 0 Å². The first-order valence-electron chi connectivity index (χ1n) is 37.5. The third-order valence-electron chi connectivity index (χ3n) is 21.3. The third-order valence-corrected chi connectivity index (χ3v) is 21.3. The van der Waals surface area contributed by atoms with Crippen molar-refractivity contribution < 1.29 is 8.83 Å². The predicted octanol–water partition coefficient (Wildman–Crippen LogP) is 26.4. The number of aromatic nitrogens is 8. The van der Waals surface area contributed by atoms with Crippen LogP contribution in [0.4, 0.5) is 0 Å². The molecular formula is C102H64N8O2. The van der Waals surface area contributed by atoms with Crippen LogP contribution in [0.2, 0.25) is 0 Å². The van der Waals surface area contributed by atoms with Gasteiger partial charge in [-0.1, -0.05) is 291 Å². The van der Waals surface area contributed by atoms with E-state index in [1.807, 2.05) is 91.0 Å². The van der Waals surface area contributed by atoms with Crippen LogP contribution < -0.4 is 0 Å². The van der Waals surface area contributed by atoms with Gasteiger partial charge in [-0.2, -0.15) is 0 Å². The molecule has 0 unspecified atom stereocenters. The van der Waals surface area contributed by atoms with Crippen LogP contribution in [0, 0.1) is 0 Å². The van der Waals surface area contributed by atoms with Crippen LogP contribution in [0.1, 0.15) is 0 Å². The minimum Gasteiger partial charge on any atom is -0.454 e. The van der Waals surface area contributed by atoms with E-state index in [0.717, 1.165) is 149 Å². The van der Waals surface area contributed by atoms with E-state index in [1.54, 1.807) is 0 Å². The molecule has 0 N–H and O–H groups in total. The van der Waals surface area contributed by atoms with Gasteiger partial charge in [-0.15, -0.1) is 0 Å². The Kier molecular flexibility index (Phi) is 16.0. The second-order valence-corrected chi connectivity index (χ2v) is 28.1. The minimum atomic E-state index is 0.587. The molecule has 0 fully saturated rings. The predicted molar refractivity (Wildman–Crippen MR) is 457 cm³/mol. The van der Waals surface area contributed by atoms with E-state index in [1.165, 1.54) is 27.5 Å². The molecule has 16 aromatic carbocycles. The van der Waals surface area contributed by atoms with Crippen molar-refractivity contribution in [2.75, 3.05) is 0 Å². The fourth-order valence-corrected chi connectivity index (χ4v) is 15.9. The van der Waals surface area contributed by atoms with Crippen molar-refractivity contribution in [2.45, 2.75) is 0 Å². The number of fused-ring (bicyclic) bond motifs is 14. The zero-order valence-corrected chi connectivity index (χ0v) is 60.3. The number of hydrogen-bond acceptors (Lipinski definition) is 8. The van der Waals surface area contributed by atoms with E-state index in [2.05, 4.69) is 306 Å². The van der Waals surface area contributed by atoms with E-state index in [9.17, 15) is 0 Å². The van der Waals surface area contributed by atoms with Gasteiger partial charge in [0.15, 0.2) is 46.1 Å². The number of para-hydroxylation sites is 2. The lowest BCUT2D eigenvalue weighted by Gasteiger charge is -2.11. The van der Waals surface area contributed by atoms with Gasteiger partial charge < -0.3 is 18.0 Å². The maximum Gasteiger partial charge on any atom is 0.164 e. The van der Waals surface area contributed by atoms with Gasteiger partial charge in [-0.05, 0) is 142 Å². The molecular weight excluding hydrogens is 1370 g/mol. The Hall–Kier alpha value is -15.3. The molecule has 10 nitrogen and oxygen atoms in total. The molecule has 0 saturated heterocycles. The van der Waals surface area contributed by atoms with Gasteiger partial charge in [0, 0.05) is 87.8 Å². The van der Waals surface area contributed by atoms with E-state index < -0.39 is 0 Å². The molecule has 0 aliphatic heterocycles. The lowest BCUT2D eigenvalue weighted by molar-refractivity contribution is 0.670. The Bertz CT molecular complexity index is 7180. The van der Waals surface area contributed by atoms with Crippen molar-refractivity contribution >= 4 is 87.5 Å². The molecule has 10 heteroatoms. The molecule has 0 saturated carbocycles. The first-order chi connectivity index (χ1) is 55.5. The van der Waals surface area contributed by atoms with Crippen molar-refractivity contribution in [3.05, 3.63) is 388 Å². The number of furan rings is 2. The number of benzene rings is 16. The standard InChI is InChI=1S/C57H36N4O.C45H28N4O/c1-4-15-37(16-5-1)40-21-12-24-43(33-40)55-58-56(44-25-13-22-41(34-44)38-17-6-2-7-18-38)60-57(59-55)45-29-32-52-50(36-45)49-31-30-48-47-27-10-11-28-51(47)61(53(48)54(49)62-52)46-26-14-23-42(35-46)39-19-8-3-9-20-39;1-4-12-29(13-5-1)30-20-23-34(24-21-30)49-39-19-11-10-18-35(39)36-25-26-37-38-28-33(22-27-40(38)50-42(37)41(36)49)45-47-43(31-14-6-2-7-15-31)46-44(48-45)32-16-8-3-9-17-32/h1-36H;1-28H. The van der Waals surface area contributed by atoms with Crippen LogP contribution in [0.3, 0.4) is 0 Å². The van der Waals surface area contributed by atoms with Crippen LogP contribution in [0.5, 0.6) is 0 Å². The van der Waals surface area contributed by atoms with Crippen LogP contribution in [0.15, 0.2) is 397 Å². The molecule has 0 spiro atoms. The van der Waals surface area contributed by atoms with Crippen molar-refractivity contribution in [1.82, 2.24) is 39.0 Å². The third kappa shape index (κ3) is 11.7. The second-order valence-electron chi connectivity index (χ2n) is 28.1. The first kappa shape index (κ1) is 65.1. The fourth-order valence-electron chi connectivity index (χ4n) is 15.9. The highest BCUT2D eigenvalue weighted by molar-refractivity contribution is 6.23. The summed E-state index contributed by atoms with van der Waals surface area (Å²) in [6.45, 7) is 0. The van der Waals surface area contributed by atoms with Gasteiger partial charge in [0.2, 0.25) is 0 Å². The lowest BCUT2D eigenvalue weighted by atomic mass is 10.0. The summed E-state index contributed by atoms with van der Waals surface area (Å²) in [4.78, 5) is 30.4. The van der Waals surface area contributed by atoms with E-state index in [0.29, 0.717) is 34.9 Å². The van der Waals surface area contributed by atoms with Gasteiger partial charge in [-0.25, -0.2) is 29.9 Å². The van der Waals surface area contributed by atoms with Crippen molar-refractivity contribution in [3.63, 3.8) is 0 Å². The number of nitrogens with zero attached hydrogens (tertiary/aromatic N) is 8. The van der Waals surface area contributed by atoms with Crippen LogP contribution in [0.25, 0.3) is 212 Å². The molecule has 0 radical (unpaired) electrons. The van der Waals surface area contributed by atoms with Crippen LogP contribution in [-0.4, -0.2) is 39.0 Å². The van der Waals surface area contributed by atoms with E-state index in [-0.39, 0.29) is 0 Å². The molecule has 6 aromatic heterocycles. The zero-order chi connectivity index (χ0) is 74.0. The topological polar surface area (TPSA) is 113 Å². The Balaban J connectivity index is 0.000000145. The SMILES string of the molecule is c1ccc(-c2ccc(-n3c4ccccc4c4ccc5c6cc(-c7nc(-c8ccccc8)nc(-c8ccccc8)n7)ccc6oc5c43)cc2)cc1.c1ccc(-c2cccc(-c3nc(-c4cccc(-c5ccccc5)c4)nc(-c4ccc5oc6c(ccc7c8ccccc8n(-c8cccc(-c9ccccc9)c8)c76)c5c4)n3)c2)cc1. The van der Waals surface area contributed by atoms with E-state index in [4.69, 9.17) is 38.7 Å². The van der Waals surface area contributed by atoms with Gasteiger partial charge in [0.25, 0.3) is 0 Å². The number of rotatable bonds is 12. The molecule has 22 aromatic rings. The summed E-state index contributed by atoms with van der Waals surface area (Å²) in [6, 6.07) is 135. The summed E-state index contributed by atoms with van der Waals surface area (Å²) < 4.78 is 18.3. The van der Waals surface area contributed by atoms with Gasteiger partial charge in [0.1, 0.15) is 11.2 Å². The molecule has 6 heterocycles. The highest BCUT2D eigenvalue weighted by Crippen LogP contribution is 2.45. The summed E-state index contributed by atoms with van der Waals surface area (Å²) in [7, 11) is 0. The lowest BCUT2D eigenvalue weighted by Crippen LogP contribution is -2.00. The number of hydrogen-bond donors (Lipinski definition) is 0. The molecule has 0 amide bonds. The first-order valence-corrected chi connectivity index (χ1v) is 37.5. The Morgan fingerprint density at radius 3 is 0.866 bits per heavy atom. The summed E-state index contributed by atoms with van der Waals surface area (Å²) in [6.07, 6.45) is 0. The summed E-state index contributed by atoms with van der Waals surface area (Å²) in [5.74, 6) is 3.68. The largest absolute Gasteiger partial charge is 0.454 e. The molecule has 0 aliphatic rings. The zero-order valence-electron chi connectivity index (χ0n) is 60.3. The van der Waals surface area contributed by atoms with Crippen LogP contribution >= 0.6 is 0 Å². The molecule has 22 rings (SSSR count).